The molecule has 0 heterocycles. The number of thioether (sulfide) groups is 1. The molecule has 2 aromatic carbocycles. The van der Waals surface area contributed by atoms with Crippen molar-refractivity contribution in [3.8, 4) is 0 Å². The van der Waals surface area contributed by atoms with Crippen molar-refractivity contribution in [2.24, 2.45) is 10.7 Å². The molecule has 2 aromatic rings. The van der Waals surface area contributed by atoms with E-state index in [2.05, 4.69) is 24.6 Å². The summed E-state index contributed by atoms with van der Waals surface area (Å²) in [6.45, 7) is 2.15. The van der Waals surface area contributed by atoms with Crippen LogP contribution in [0.5, 0.6) is 0 Å². The predicted molar refractivity (Wildman–Crippen MR) is 111 cm³/mol. The number of anilines is 2. The number of amidine groups is 1. The van der Waals surface area contributed by atoms with Crippen LogP contribution >= 0.6 is 11.8 Å². The highest BCUT2D eigenvalue weighted by Gasteiger charge is 2.45. The Morgan fingerprint density at radius 1 is 1.12 bits per heavy atom. The van der Waals surface area contributed by atoms with Crippen LogP contribution in [0.4, 0.5) is 11.4 Å². The molecule has 0 atom stereocenters. The minimum Gasteiger partial charge on any atom is -0.383 e. The second-order valence-electron chi connectivity index (χ2n) is 6.26. The molecule has 3 nitrogen and oxygen atoms in total. The summed E-state index contributed by atoms with van der Waals surface area (Å²) in [7, 11) is 0. The number of nitrogens with one attached hydrogen (secondary N) is 1. The lowest BCUT2D eigenvalue weighted by atomic mass is 10.1. The Bertz CT molecular complexity index is 759. The van der Waals surface area contributed by atoms with Gasteiger partial charge in [-0.2, -0.15) is 11.8 Å². The Morgan fingerprint density at radius 3 is 2.32 bits per heavy atom. The molecule has 1 aliphatic carbocycles. The molecule has 0 bridgehead atoms. The molecule has 25 heavy (non-hydrogen) atoms. The number of hydrogen-bond acceptors (Lipinski definition) is 3. The average Bonchev–Trinajstić information content (AvgIpc) is 3.44. The van der Waals surface area contributed by atoms with Gasteiger partial charge in [0.2, 0.25) is 0 Å². The van der Waals surface area contributed by atoms with E-state index in [-0.39, 0.29) is 4.75 Å². The molecule has 1 fully saturated rings. The van der Waals surface area contributed by atoms with Gasteiger partial charge in [-0.3, -0.25) is 0 Å². The first-order valence-corrected chi connectivity index (χ1v) is 9.92. The van der Waals surface area contributed by atoms with E-state index in [1.54, 1.807) is 0 Å². The predicted octanol–water partition coefficient (Wildman–Crippen LogP) is 5.33. The molecule has 0 unspecified atom stereocenters. The number of nitrogens with two attached hydrogens (primary N) is 1. The highest BCUT2D eigenvalue weighted by atomic mass is 32.2. The van der Waals surface area contributed by atoms with Gasteiger partial charge in [-0.25, -0.2) is 4.99 Å². The maximum Gasteiger partial charge on any atom is 0.130 e. The third kappa shape index (κ3) is 4.26. The van der Waals surface area contributed by atoms with Crippen LogP contribution in [0.1, 0.15) is 31.7 Å². The molecule has 0 aromatic heterocycles. The minimum absolute atomic E-state index is 0.190. The monoisotopic (exact) mass is 351 g/mol. The standard InChI is InChI=1S/C21H25N3S/c1-3-7-19(21(25-2)14-15-21)24-20(22)16-10-12-18(13-11-16)23-17-8-5-4-6-9-17/h4-13,23H,3,14-15H2,1-2H3,(H2,22,24)/b19-7-. The molecule has 1 saturated carbocycles. The summed E-state index contributed by atoms with van der Waals surface area (Å²) in [4.78, 5) is 4.77. The quantitative estimate of drug-likeness (QED) is 0.524. The molecule has 4 heteroatoms. The second kappa shape index (κ2) is 7.79. The molecule has 0 aliphatic heterocycles. The summed E-state index contributed by atoms with van der Waals surface area (Å²) < 4.78 is 0.190. The van der Waals surface area contributed by atoms with Gasteiger partial charge in [0, 0.05) is 16.9 Å². The highest BCUT2D eigenvalue weighted by Crippen LogP contribution is 2.53. The molecular formula is C21H25N3S. The third-order valence-corrected chi connectivity index (χ3v) is 5.84. The summed E-state index contributed by atoms with van der Waals surface area (Å²) in [6, 6.07) is 18.2. The van der Waals surface area contributed by atoms with Gasteiger partial charge in [-0.15, -0.1) is 0 Å². The van der Waals surface area contributed by atoms with Crippen molar-refractivity contribution in [2.45, 2.75) is 30.9 Å². The zero-order valence-corrected chi connectivity index (χ0v) is 15.6. The molecule has 0 radical (unpaired) electrons. The Kier molecular flexibility index (Phi) is 5.49. The van der Waals surface area contributed by atoms with Gasteiger partial charge in [-0.1, -0.05) is 31.2 Å². The van der Waals surface area contributed by atoms with Crippen LogP contribution in [0.25, 0.3) is 0 Å². The third-order valence-electron chi connectivity index (χ3n) is 4.44. The van der Waals surface area contributed by atoms with E-state index in [0.717, 1.165) is 29.1 Å². The van der Waals surface area contributed by atoms with Gasteiger partial charge in [0.25, 0.3) is 0 Å². The molecule has 0 amide bonds. The van der Waals surface area contributed by atoms with E-state index < -0.39 is 0 Å². The van der Waals surface area contributed by atoms with Gasteiger partial charge in [0.05, 0.1) is 10.4 Å². The maximum atomic E-state index is 6.29. The van der Waals surface area contributed by atoms with Crippen molar-refractivity contribution in [1.29, 1.82) is 0 Å². The van der Waals surface area contributed by atoms with Crippen molar-refractivity contribution in [1.82, 2.24) is 0 Å². The van der Waals surface area contributed by atoms with E-state index in [1.165, 1.54) is 12.8 Å². The smallest absolute Gasteiger partial charge is 0.130 e. The molecule has 0 saturated heterocycles. The summed E-state index contributed by atoms with van der Waals surface area (Å²) in [5, 5.41) is 3.38. The van der Waals surface area contributed by atoms with Crippen LogP contribution in [0.15, 0.2) is 71.4 Å². The van der Waals surface area contributed by atoms with E-state index in [1.807, 2.05) is 66.4 Å². The molecule has 130 valence electrons. The zero-order chi connectivity index (χ0) is 17.7. The largest absolute Gasteiger partial charge is 0.383 e. The number of rotatable bonds is 7. The lowest BCUT2D eigenvalue weighted by Gasteiger charge is -2.14. The summed E-state index contributed by atoms with van der Waals surface area (Å²) in [5.74, 6) is 0.589. The van der Waals surface area contributed by atoms with E-state index in [4.69, 9.17) is 10.7 Å². The van der Waals surface area contributed by atoms with Crippen molar-refractivity contribution in [2.75, 3.05) is 11.6 Å². The van der Waals surface area contributed by atoms with Gasteiger partial charge in [0.15, 0.2) is 0 Å². The van der Waals surface area contributed by atoms with Crippen molar-refractivity contribution in [3.05, 3.63) is 71.9 Å². The van der Waals surface area contributed by atoms with E-state index in [9.17, 15) is 0 Å². The minimum atomic E-state index is 0.190. The first-order valence-electron chi connectivity index (χ1n) is 8.69. The number of allylic oxidation sites excluding steroid dienone is 1. The lowest BCUT2D eigenvalue weighted by molar-refractivity contribution is 1.01. The van der Waals surface area contributed by atoms with Gasteiger partial charge < -0.3 is 11.1 Å². The Balaban J connectivity index is 1.76. The van der Waals surface area contributed by atoms with Gasteiger partial charge in [0.1, 0.15) is 5.84 Å². The van der Waals surface area contributed by atoms with E-state index in [0.29, 0.717) is 5.84 Å². The number of benzene rings is 2. The normalized spacial score (nSPS) is 16.6. The van der Waals surface area contributed by atoms with E-state index >= 15 is 0 Å². The first-order chi connectivity index (χ1) is 12.2. The fraction of sp³-hybridized carbons (Fsp3) is 0.286. The number of aliphatic imine (C=N–C) groups is 1. The fourth-order valence-electron chi connectivity index (χ4n) is 2.81. The Morgan fingerprint density at radius 2 is 1.76 bits per heavy atom. The molecule has 1 aliphatic rings. The highest BCUT2D eigenvalue weighted by molar-refractivity contribution is 8.00. The topological polar surface area (TPSA) is 50.4 Å². The first kappa shape index (κ1) is 17.6. The maximum absolute atomic E-state index is 6.29. The van der Waals surface area contributed by atoms with Gasteiger partial charge >= 0.3 is 0 Å². The fourth-order valence-corrected chi connectivity index (χ4v) is 3.66. The summed E-state index contributed by atoms with van der Waals surface area (Å²) >= 11 is 1.89. The lowest BCUT2D eigenvalue weighted by Crippen LogP contribution is -2.16. The average molecular weight is 352 g/mol. The van der Waals surface area contributed by atoms with Crippen LogP contribution in [0.3, 0.4) is 0 Å². The Labute approximate surface area is 154 Å². The molecular weight excluding hydrogens is 326 g/mol. The zero-order valence-electron chi connectivity index (χ0n) is 14.8. The van der Waals surface area contributed by atoms with Crippen molar-refractivity contribution >= 4 is 29.0 Å². The van der Waals surface area contributed by atoms with Crippen LogP contribution < -0.4 is 11.1 Å². The van der Waals surface area contributed by atoms with Crippen LogP contribution in [-0.2, 0) is 0 Å². The molecule has 3 rings (SSSR count). The summed E-state index contributed by atoms with van der Waals surface area (Å²) in [5.41, 5.74) is 10.5. The summed E-state index contributed by atoms with van der Waals surface area (Å²) in [6.07, 6.45) is 7.73. The van der Waals surface area contributed by atoms with Crippen molar-refractivity contribution < 1.29 is 0 Å². The molecule has 3 N–H and O–H groups in total. The van der Waals surface area contributed by atoms with Crippen LogP contribution in [0.2, 0.25) is 0 Å². The van der Waals surface area contributed by atoms with Gasteiger partial charge in [-0.05, 0) is 61.9 Å². The van der Waals surface area contributed by atoms with Crippen LogP contribution in [-0.4, -0.2) is 16.8 Å². The second-order valence-corrected chi connectivity index (χ2v) is 7.45. The number of para-hydroxylation sites is 1. The SMILES string of the molecule is CC/C=C(\N=C(N)c1ccc(Nc2ccccc2)cc1)C1(SC)CC1. The number of nitrogens with zero attached hydrogens (tertiary/aromatic N) is 1. The number of hydrogen-bond donors (Lipinski definition) is 2. The van der Waals surface area contributed by atoms with Crippen LogP contribution in [0, 0.1) is 0 Å². The molecule has 0 spiro atoms. The Hall–Kier alpha value is -2.20. The van der Waals surface area contributed by atoms with Crippen molar-refractivity contribution in [3.63, 3.8) is 0 Å².